The lowest BCUT2D eigenvalue weighted by molar-refractivity contribution is 0.415. The van der Waals surface area contributed by atoms with Crippen LogP contribution in [0.3, 0.4) is 0 Å². The summed E-state index contributed by atoms with van der Waals surface area (Å²) in [5.74, 6) is 1.70. The van der Waals surface area contributed by atoms with Crippen molar-refractivity contribution < 1.29 is 4.74 Å². The summed E-state index contributed by atoms with van der Waals surface area (Å²) in [6.07, 6.45) is 3.55. The largest absolute Gasteiger partial charge is 0.497 e. The van der Waals surface area contributed by atoms with E-state index in [1.165, 1.54) is 11.1 Å². The van der Waals surface area contributed by atoms with E-state index >= 15 is 0 Å². The summed E-state index contributed by atoms with van der Waals surface area (Å²) < 4.78 is 5.42. The summed E-state index contributed by atoms with van der Waals surface area (Å²) in [6.45, 7) is 2.71. The van der Waals surface area contributed by atoms with Gasteiger partial charge in [0.15, 0.2) is 0 Å². The van der Waals surface area contributed by atoms with Crippen molar-refractivity contribution in [2.75, 3.05) is 12.4 Å². The summed E-state index contributed by atoms with van der Waals surface area (Å²) >= 11 is 0. The van der Waals surface area contributed by atoms with Crippen molar-refractivity contribution in [2.24, 2.45) is 4.99 Å². The van der Waals surface area contributed by atoms with E-state index in [-0.39, 0.29) is 6.17 Å². The second-order valence-electron chi connectivity index (χ2n) is 8.15. The van der Waals surface area contributed by atoms with Crippen LogP contribution in [0.2, 0.25) is 0 Å². The summed E-state index contributed by atoms with van der Waals surface area (Å²) in [7, 11) is 1.69. The first kappa shape index (κ1) is 20.8. The number of benzene rings is 3. The summed E-state index contributed by atoms with van der Waals surface area (Å²) in [4.78, 5) is 9.28. The average molecular weight is 435 g/mol. The van der Waals surface area contributed by atoms with Gasteiger partial charge >= 0.3 is 0 Å². The number of methoxy groups -OCH3 is 1. The van der Waals surface area contributed by atoms with E-state index in [9.17, 15) is 0 Å². The second-order valence-corrected chi connectivity index (χ2v) is 8.15. The number of nitrogens with one attached hydrogen (secondary N) is 2. The van der Waals surface area contributed by atoms with Crippen molar-refractivity contribution in [3.8, 4) is 16.9 Å². The molecule has 2 heterocycles. The Hall–Kier alpha value is -4.12. The monoisotopic (exact) mass is 434 g/mol. The number of fused-ring (bicyclic) bond motifs is 1. The van der Waals surface area contributed by atoms with Crippen LogP contribution in [-0.4, -0.2) is 17.9 Å². The molecule has 1 aliphatic heterocycles. The Morgan fingerprint density at radius 2 is 1.79 bits per heavy atom. The van der Waals surface area contributed by atoms with Crippen molar-refractivity contribution in [1.82, 2.24) is 10.3 Å². The molecule has 0 fully saturated rings. The van der Waals surface area contributed by atoms with Gasteiger partial charge in [-0.15, -0.1) is 0 Å². The standard InChI is InChI=1S/C28H26N4O/c1-19-6-3-7-20(14-19)17-30-28-25-16-22(21-8-4-10-24(15-21)33-2)11-12-26(25)31-27(32-28)23-9-5-13-29-18-23/h3-16,18,27,31H,17H2,1-2H3,(H,30,32). The lowest BCUT2D eigenvalue weighted by Crippen LogP contribution is -2.39. The molecule has 33 heavy (non-hydrogen) atoms. The minimum atomic E-state index is -0.106. The molecule has 5 rings (SSSR count). The van der Waals surface area contributed by atoms with Crippen LogP contribution in [0.25, 0.3) is 11.1 Å². The van der Waals surface area contributed by atoms with E-state index < -0.39 is 0 Å². The molecule has 164 valence electrons. The first-order valence-corrected chi connectivity index (χ1v) is 11.0. The molecule has 0 radical (unpaired) electrons. The maximum Gasteiger partial charge on any atom is 0.132 e. The molecule has 1 aromatic heterocycles. The molecular weight excluding hydrogens is 408 g/mol. The fourth-order valence-electron chi connectivity index (χ4n) is 4.08. The molecule has 5 heteroatoms. The van der Waals surface area contributed by atoms with Gasteiger partial charge in [-0.1, -0.05) is 54.1 Å². The molecule has 1 atom stereocenters. The van der Waals surface area contributed by atoms with Gasteiger partial charge in [-0.25, -0.2) is 0 Å². The van der Waals surface area contributed by atoms with Crippen molar-refractivity contribution in [2.45, 2.75) is 19.6 Å². The number of anilines is 1. The average Bonchev–Trinajstić information content (AvgIpc) is 2.87. The van der Waals surface area contributed by atoms with E-state index in [1.807, 2.05) is 30.5 Å². The van der Waals surface area contributed by atoms with Gasteiger partial charge in [0, 0.05) is 29.2 Å². The van der Waals surface area contributed by atoms with Gasteiger partial charge in [0.05, 0.1) is 13.7 Å². The highest BCUT2D eigenvalue weighted by Gasteiger charge is 2.24. The van der Waals surface area contributed by atoms with Crippen LogP contribution in [0.1, 0.15) is 28.4 Å². The number of rotatable bonds is 5. The Kier molecular flexibility index (Phi) is 5.77. The number of aliphatic imine (C=N–C) groups is 1. The van der Waals surface area contributed by atoms with Crippen LogP contribution in [0, 0.1) is 6.92 Å². The van der Waals surface area contributed by atoms with E-state index in [1.54, 1.807) is 13.3 Å². The molecule has 3 aromatic carbocycles. The van der Waals surface area contributed by atoms with Gasteiger partial charge in [0.2, 0.25) is 0 Å². The predicted molar refractivity (Wildman–Crippen MR) is 134 cm³/mol. The Morgan fingerprint density at radius 1 is 0.909 bits per heavy atom. The molecule has 0 bridgehead atoms. The summed E-state index contributed by atoms with van der Waals surface area (Å²) in [6, 6.07) is 27.0. The first-order chi connectivity index (χ1) is 16.2. The molecule has 0 spiro atoms. The third-order valence-corrected chi connectivity index (χ3v) is 5.78. The zero-order valence-electron chi connectivity index (χ0n) is 18.7. The highest BCUT2D eigenvalue weighted by atomic mass is 16.5. The van der Waals surface area contributed by atoms with Crippen LogP contribution < -0.4 is 15.4 Å². The van der Waals surface area contributed by atoms with Gasteiger partial charge in [-0.05, 0) is 53.9 Å². The highest BCUT2D eigenvalue weighted by molar-refractivity contribution is 6.06. The van der Waals surface area contributed by atoms with Gasteiger partial charge < -0.3 is 15.4 Å². The Balaban J connectivity index is 1.54. The van der Waals surface area contributed by atoms with Crippen molar-refractivity contribution in [3.63, 3.8) is 0 Å². The lowest BCUT2D eigenvalue weighted by Gasteiger charge is -2.31. The van der Waals surface area contributed by atoms with Crippen LogP contribution in [0.4, 0.5) is 5.69 Å². The topological polar surface area (TPSA) is 58.5 Å². The smallest absolute Gasteiger partial charge is 0.132 e. The normalized spacial score (nSPS) is 15.9. The van der Waals surface area contributed by atoms with Crippen molar-refractivity contribution >= 4 is 11.5 Å². The number of ether oxygens (including phenoxy) is 1. The zero-order valence-corrected chi connectivity index (χ0v) is 18.7. The quantitative estimate of drug-likeness (QED) is 0.421. The Labute approximate surface area is 194 Å². The van der Waals surface area contributed by atoms with Crippen LogP contribution in [0.15, 0.2) is 96.2 Å². The predicted octanol–water partition coefficient (Wildman–Crippen LogP) is 5.73. The minimum absolute atomic E-state index is 0.106. The Morgan fingerprint density at radius 3 is 2.61 bits per heavy atom. The number of aryl methyl sites for hydroxylation is 1. The number of pyridine rings is 1. The molecule has 0 amide bonds. The molecule has 5 nitrogen and oxygen atoms in total. The third-order valence-electron chi connectivity index (χ3n) is 5.78. The summed E-state index contributed by atoms with van der Waals surface area (Å²) in [5.41, 5.74) is 7.78. The Bertz CT molecular complexity index is 1300. The molecular formula is C28H26N4O. The molecule has 2 N–H and O–H groups in total. The number of hydrogen-bond donors (Lipinski definition) is 2. The third kappa shape index (κ3) is 4.58. The van der Waals surface area contributed by atoms with Crippen LogP contribution in [-0.2, 0) is 6.54 Å². The van der Waals surface area contributed by atoms with Gasteiger partial charge in [0.25, 0.3) is 0 Å². The number of hydrogen-bond acceptors (Lipinski definition) is 4. The first-order valence-electron chi connectivity index (χ1n) is 11.0. The fourth-order valence-corrected chi connectivity index (χ4v) is 4.08. The zero-order chi connectivity index (χ0) is 22.6. The lowest BCUT2D eigenvalue weighted by atomic mass is 9.98. The number of amidine groups is 1. The van der Waals surface area contributed by atoms with Gasteiger partial charge in [0.1, 0.15) is 17.8 Å². The van der Waals surface area contributed by atoms with Crippen LogP contribution >= 0.6 is 0 Å². The number of aromatic nitrogens is 1. The van der Waals surface area contributed by atoms with E-state index in [2.05, 4.69) is 77.1 Å². The maximum atomic E-state index is 5.42. The van der Waals surface area contributed by atoms with E-state index in [0.717, 1.165) is 39.5 Å². The highest BCUT2D eigenvalue weighted by Crippen LogP contribution is 2.32. The van der Waals surface area contributed by atoms with Gasteiger partial charge in [-0.3, -0.25) is 9.98 Å². The minimum Gasteiger partial charge on any atom is -0.497 e. The second kappa shape index (κ2) is 9.17. The molecule has 4 aromatic rings. The molecule has 0 aliphatic carbocycles. The molecule has 1 aliphatic rings. The SMILES string of the molecule is COc1cccc(-c2ccc3c(c2)C(=NCc2cccc(C)c2)NC(c2cccnc2)N3)c1. The van der Waals surface area contributed by atoms with Gasteiger partial charge in [-0.2, -0.15) is 0 Å². The van der Waals surface area contributed by atoms with Crippen molar-refractivity contribution in [1.29, 1.82) is 0 Å². The fraction of sp³-hybridized carbons (Fsp3) is 0.143. The van der Waals surface area contributed by atoms with Crippen molar-refractivity contribution in [3.05, 3.63) is 114 Å². The summed E-state index contributed by atoms with van der Waals surface area (Å²) in [5, 5.41) is 7.18. The van der Waals surface area contributed by atoms with E-state index in [0.29, 0.717) is 6.54 Å². The molecule has 1 unspecified atom stereocenters. The van der Waals surface area contributed by atoms with E-state index in [4.69, 9.17) is 9.73 Å². The number of nitrogens with zero attached hydrogens (tertiary/aromatic N) is 2. The molecule has 0 saturated heterocycles. The molecule has 0 saturated carbocycles. The van der Waals surface area contributed by atoms with Crippen LogP contribution in [0.5, 0.6) is 5.75 Å². The maximum absolute atomic E-state index is 5.42.